The highest BCUT2D eigenvalue weighted by Crippen LogP contribution is 2.22. The topological polar surface area (TPSA) is 15.3 Å². The lowest BCUT2D eigenvalue weighted by Gasteiger charge is -2.16. The molecule has 102 valence electrons. The quantitative estimate of drug-likeness (QED) is 0.701. The molecule has 1 heterocycles. The Kier molecular flexibility index (Phi) is 6.27. The van der Waals surface area contributed by atoms with Crippen molar-refractivity contribution in [2.75, 3.05) is 32.7 Å². The molecule has 0 aromatic carbocycles. The van der Waals surface area contributed by atoms with E-state index in [9.17, 15) is 13.2 Å². The van der Waals surface area contributed by atoms with Crippen molar-refractivity contribution >= 4 is 0 Å². The van der Waals surface area contributed by atoms with Crippen LogP contribution in [-0.2, 0) is 0 Å². The van der Waals surface area contributed by atoms with Crippen LogP contribution in [0.15, 0.2) is 0 Å². The van der Waals surface area contributed by atoms with Crippen LogP contribution in [0.25, 0.3) is 0 Å². The van der Waals surface area contributed by atoms with Gasteiger partial charge in [0.1, 0.15) is 0 Å². The molecule has 5 heteroatoms. The molecule has 1 aliphatic heterocycles. The number of alkyl halides is 3. The van der Waals surface area contributed by atoms with Gasteiger partial charge in [-0.2, -0.15) is 13.2 Å². The van der Waals surface area contributed by atoms with Gasteiger partial charge in [0.05, 0.1) is 0 Å². The van der Waals surface area contributed by atoms with Crippen molar-refractivity contribution in [3.8, 4) is 0 Å². The maximum Gasteiger partial charge on any atom is 0.389 e. The minimum absolute atomic E-state index is 0.235. The summed E-state index contributed by atoms with van der Waals surface area (Å²) in [6.45, 7) is 6.66. The summed E-state index contributed by atoms with van der Waals surface area (Å²) in [6, 6.07) is 0. The van der Waals surface area contributed by atoms with E-state index < -0.39 is 12.6 Å². The summed E-state index contributed by atoms with van der Waals surface area (Å²) in [5, 5.41) is 3.37. The van der Waals surface area contributed by atoms with Gasteiger partial charge in [0.2, 0.25) is 0 Å². The van der Waals surface area contributed by atoms with Crippen LogP contribution in [0.3, 0.4) is 0 Å². The molecule has 1 fully saturated rings. The maximum atomic E-state index is 12.0. The van der Waals surface area contributed by atoms with Crippen molar-refractivity contribution in [3.05, 3.63) is 0 Å². The fourth-order valence-electron chi connectivity index (χ4n) is 2.27. The van der Waals surface area contributed by atoms with Gasteiger partial charge < -0.3 is 10.2 Å². The average molecular weight is 252 g/mol. The van der Waals surface area contributed by atoms with Gasteiger partial charge in [0.25, 0.3) is 0 Å². The molecule has 1 atom stereocenters. The number of hydrogen-bond acceptors (Lipinski definition) is 2. The predicted octanol–water partition coefficient (Wildman–Crippen LogP) is 2.65. The van der Waals surface area contributed by atoms with E-state index in [1.807, 2.05) is 0 Å². The Bertz CT molecular complexity index is 206. The second-order valence-corrected chi connectivity index (χ2v) is 4.88. The molecule has 2 nitrogen and oxygen atoms in total. The zero-order valence-electron chi connectivity index (χ0n) is 10.5. The van der Waals surface area contributed by atoms with Crippen LogP contribution in [0.4, 0.5) is 13.2 Å². The van der Waals surface area contributed by atoms with Crippen LogP contribution in [0.5, 0.6) is 0 Å². The lowest BCUT2D eigenvalue weighted by Crippen LogP contribution is -2.27. The highest BCUT2D eigenvalue weighted by atomic mass is 19.4. The van der Waals surface area contributed by atoms with Crippen LogP contribution in [-0.4, -0.2) is 43.8 Å². The first kappa shape index (κ1) is 14.8. The SMILES string of the molecule is CCCNCC1CCN(CCCC(F)(F)F)C1. The summed E-state index contributed by atoms with van der Waals surface area (Å²) in [7, 11) is 0. The minimum atomic E-state index is -4.00. The lowest BCUT2D eigenvalue weighted by molar-refractivity contribution is -0.136. The van der Waals surface area contributed by atoms with Crippen molar-refractivity contribution in [2.45, 2.75) is 38.8 Å². The van der Waals surface area contributed by atoms with Gasteiger partial charge in [0, 0.05) is 13.0 Å². The number of nitrogens with one attached hydrogen (secondary N) is 1. The molecule has 1 rings (SSSR count). The normalized spacial score (nSPS) is 22.2. The Morgan fingerprint density at radius 2 is 2.12 bits per heavy atom. The van der Waals surface area contributed by atoms with E-state index in [1.54, 1.807) is 0 Å². The Morgan fingerprint density at radius 3 is 2.76 bits per heavy atom. The number of halogens is 3. The number of likely N-dealkylation sites (tertiary alicyclic amines) is 1. The fraction of sp³-hybridized carbons (Fsp3) is 1.00. The van der Waals surface area contributed by atoms with Crippen molar-refractivity contribution in [1.29, 1.82) is 0 Å². The van der Waals surface area contributed by atoms with Crippen molar-refractivity contribution in [2.24, 2.45) is 5.92 Å². The number of rotatable bonds is 7. The van der Waals surface area contributed by atoms with Crippen molar-refractivity contribution in [1.82, 2.24) is 10.2 Å². The first-order valence-electron chi connectivity index (χ1n) is 6.51. The predicted molar refractivity (Wildman–Crippen MR) is 63.0 cm³/mol. The molecule has 0 aromatic rings. The highest BCUT2D eigenvalue weighted by molar-refractivity contribution is 4.77. The standard InChI is InChI=1S/C12H23F3N2/c1-2-6-16-9-11-4-8-17(10-11)7-3-5-12(13,14)15/h11,16H,2-10H2,1H3. The fourth-order valence-corrected chi connectivity index (χ4v) is 2.27. The summed E-state index contributed by atoms with van der Waals surface area (Å²) in [5.41, 5.74) is 0. The molecule has 0 radical (unpaired) electrons. The van der Waals surface area contributed by atoms with Crippen LogP contribution in [0.1, 0.15) is 32.6 Å². The Balaban J connectivity index is 2.05. The van der Waals surface area contributed by atoms with E-state index in [0.717, 1.165) is 39.0 Å². The second-order valence-electron chi connectivity index (χ2n) is 4.88. The Labute approximate surface area is 102 Å². The third-order valence-electron chi connectivity index (χ3n) is 3.16. The van der Waals surface area contributed by atoms with Crippen molar-refractivity contribution in [3.63, 3.8) is 0 Å². The molecule has 1 N–H and O–H groups in total. The maximum absolute atomic E-state index is 12.0. The summed E-state index contributed by atoms with van der Waals surface area (Å²) < 4.78 is 35.9. The summed E-state index contributed by atoms with van der Waals surface area (Å²) in [5.74, 6) is 0.618. The molecule has 1 saturated heterocycles. The minimum Gasteiger partial charge on any atom is -0.316 e. The van der Waals surface area contributed by atoms with Gasteiger partial charge >= 0.3 is 6.18 Å². The first-order chi connectivity index (χ1) is 8.01. The summed E-state index contributed by atoms with van der Waals surface area (Å²) >= 11 is 0. The largest absolute Gasteiger partial charge is 0.389 e. The molecular weight excluding hydrogens is 229 g/mol. The molecular formula is C12H23F3N2. The molecule has 0 spiro atoms. The number of nitrogens with zero attached hydrogens (tertiary/aromatic N) is 1. The van der Waals surface area contributed by atoms with E-state index in [4.69, 9.17) is 0 Å². The van der Waals surface area contributed by atoms with E-state index >= 15 is 0 Å². The zero-order chi connectivity index (χ0) is 12.7. The van der Waals surface area contributed by atoms with Gasteiger partial charge in [-0.05, 0) is 51.4 Å². The molecule has 0 aromatic heterocycles. The van der Waals surface area contributed by atoms with E-state index in [-0.39, 0.29) is 6.42 Å². The molecule has 1 aliphatic rings. The van der Waals surface area contributed by atoms with Gasteiger partial charge in [-0.25, -0.2) is 0 Å². The lowest BCUT2D eigenvalue weighted by atomic mass is 10.1. The van der Waals surface area contributed by atoms with Crippen LogP contribution in [0.2, 0.25) is 0 Å². The van der Waals surface area contributed by atoms with Crippen LogP contribution >= 0.6 is 0 Å². The second kappa shape index (κ2) is 7.21. The van der Waals surface area contributed by atoms with Gasteiger partial charge in [-0.15, -0.1) is 0 Å². The molecule has 0 amide bonds. The van der Waals surface area contributed by atoms with E-state index in [2.05, 4.69) is 17.1 Å². The zero-order valence-corrected chi connectivity index (χ0v) is 10.5. The smallest absolute Gasteiger partial charge is 0.316 e. The third kappa shape index (κ3) is 6.88. The van der Waals surface area contributed by atoms with Gasteiger partial charge in [0.15, 0.2) is 0 Å². The van der Waals surface area contributed by atoms with Crippen LogP contribution < -0.4 is 5.32 Å². The summed E-state index contributed by atoms with van der Waals surface area (Å²) in [4.78, 5) is 2.16. The molecule has 17 heavy (non-hydrogen) atoms. The third-order valence-corrected chi connectivity index (χ3v) is 3.16. The molecule has 0 saturated carbocycles. The van der Waals surface area contributed by atoms with Crippen LogP contribution in [0, 0.1) is 5.92 Å². The Morgan fingerprint density at radius 1 is 1.35 bits per heavy atom. The van der Waals surface area contributed by atoms with Crippen molar-refractivity contribution < 1.29 is 13.2 Å². The monoisotopic (exact) mass is 252 g/mol. The molecule has 1 unspecified atom stereocenters. The number of hydrogen-bond donors (Lipinski definition) is 1. The molecule has 0 bridgehead atoms. The first-order valence-corrected chi connectivity index (χ1v) is 6.51. The van der Waals surface area contributed by atoms with E-state index in [0.29, 0.717) is 12.5 Å². The van der Waals surface area contributed by atoms with Gasteiger partial charge in [-0.3, -0.25) is 0 Å². The Hall–Kier alpha value is -0.290. The average Bonchev–Trinajstić information content (AvgIpc) is 2.64. The highest BCUT2D eigenvalue weighted by Gasteiger charge is 2.27. The van der Waals surface area contributed by atoms with E-state index in [1.165, 1.54) is 0 Å². The summed E-state index contributed by atoms with van der Waals surface area (Å²) in [6.07, 6.45) is -2.17. The van der Waals surface area contributed by atoms with Gasteiger partial charge in [-0.1, -0.05) is 6.92 Å². The molecule has 0 aliphatic carbocycles.